The van der Waals surface area contributed by atoms with Crippen LogP contribution in [0.25, 0.3) is 0 Å². The number of nitrogens with one attached hydrogen (secondary N) is 1. The molecule has 2 nitrogen and oxygen atoms in total. The second-order valence-corrected chi connectivity index (χ2v) is 4.96. The largest absolute Gasteiger partial charge is 0.380 e. The average Bonchev–Trinajstić information content (AvgIpc) is 2.25. The van der Waals surface area contributed by atoms with Crippen LogP contribution in [-0.2, 0) is 4.74 Å². The molecule has 0 aliphatic rings. The molecule has 5 heteroatoms. The van der Waals surface area contributed by atoms with Gasteiger partial charge < -0.3 is 10.1 Å². The number of anilines is 1. The molecule has 0 aliphatic heterocycles. The Kier molecular flexibility index (Phi) is 4.62. The van der Waals surface area contributed by atoms with Gasteiger partial charge in [-0.1, -0.05) is 0 Å². The van der Waals surface area contributed by atoms with Crippen molar-refractivity contribution >= 4 is 5.69 Å². The molecule has 0 fully saturated rings. The average molecular weight is 261 g/mol. The van der Waals surface area contributed by atoms with Crippen LogP contribution in [0.15, 0.2) is 12.1 Å². The van der Waals surface area contributed by atoms with Crippen LogP contribution in [0.3, 0.4) is 0 Å². The van der Waals surface area contributed by atoms with Crippen molar-refractivity contribution < 1.29 is 17.9 Å². The monoisotopic (exact) mass is 261 g/mol. The quantitative estimate of drug-likeness (QED) is 0.816. The van der Waals surface area contributed by atoms with E-state index in [0.29, 0.717) is 12.5 Å². The van der Waals surface area contributed by atoms with Crippen LogP contribution >= 0.6 is 0 Å². The maximum Gasteiger partial charge on any atom is 0.161 e. The van der Waals surface area contributed by atoms with E-state index in [-0.39, 0.29) is 17.3 Å². The molecule has 0 saturated heterocycles. The first kappa shape index (κ1) is 14.8. The summed E-state index contributed by atoms with van der Waals surface area (Å²) < 4.78 is 44.4. The van der Waals surface area contributed by atoms with Gasteiger partial charge in [0.15, 0.2) is 11.6 Å². The lowest BCUT2D eigenvalue weighted by Gasteiger charge is -2.27. The molecule has 0 aromatic heterocycles. The van der Waals surface area contributed by atoms with Gasteiger partial charge in [0.05, 0.1) is 11.3 Å². The second kappa shape index (κ2) is 5.61. The normalized spacial score (nSPS) is 13.5. The number of methoxy groups -OCH3 is 1. The Hall–Kier alpha value is -1.23. The minimum atomic E-state index is -1.19. The molecule has 1 aromatic rings. The first-order valence-electron chi connectivity index (χ1n) is 5.71. The fraction of sp³-hybridized carbons (Fsp3) is 0.538. The summed E-state index contributed by atoms with van der Waals surface area (Å²) in [4.78, 5) is 0. The van der Waals surface area contributed by atoms with Crippen LogP contribution in [0, 0.1) is 17.5 Å². The third-order valence-corrected chi connectivity index (χ3v) is 2.76. The number of halogens is 3. The molecule has 1 N–H and O–H groups in total. The summed E-state index contributed by atoms with van der Waals surface area (Å²) in [6, 6.07) is 1.21. The Bertz CT molecular complexity index is 421. The Morgan fingerprint density at radius 1 is 1.17 bits per heavy atom. The van der Waals surface area contributed by atoms with E-state index in [1.165, 1.54) is 0 Å². The summed E-state index contributed by atoms with van der Waals surface area (Å²) in [6.45, 7) is 5.61. The smallest absolute Gasteiger partial charge is 0.161 e. The Balaban J connectivity index is 2.76. The highest BCUT2D eigenvalue weighted by molar-refractivity contribution is 5.46. The van der Waals surface area contributed by atoms with Crippen molar-refractivity contribution in [2.24, 2.45) is 0 Å². The number of benzene rings is 1. The topological polar surface area (TPSA) is 21.3 Å². The molecule has 0 amide bonds. The van der Waals surface area contributed by atoms with Gasteiger partial charge in [0, 0.05) is 25.3 Å². The lowest BCUT2D eigenvalue weighted by molar-refractivity contribution is 0.0127. The zero-order chi connectivity index (χ0) is 13.9. The van der Waals surface area contributed by atoms with Gasteiger partial charge in [-0.15, -0.1) is 0 Å². The van der Waals surface area contributed by atoms with Crippen LogP contribution < -0.4 is 5.32 Å². The molecule has 102 valence electrons. The van der Waals surface area contributed by atoms with Crippen LogP contribution in [0.2, 0.25) is 0 Å². The molecule has 0 saturated carbocycles. The number of rotatable bonds is 5. The molecule has 0 aliphatic carbocycles. The summed E-state index contributed by atoms with van der Waals surface area (Å²) in [7, 11) is 1.59. The van der Waals surface area contributed by atoms with E-state index in [9.17, 15) is 13.2 Å². The fourth-order valence-electron chi connectivity index (χ4n) is 1.77. The molecule has 0 bridgehead atoms. The van der Waals surface area contributed by atoms with Gasteiger partial charge in [-0.25, -0.2) is 13.2 Å². The molecule has 1 rings (SSSR count). The Labute approximate surface area is 105 Å². The molecule has 0 heterocycles. The SMILES string of the molecule is COC(C)(C)CC(C)Nc1cc(F)c(F)cc1F. The minimum Gasteiger partial charge on any atom is -0.380 e. The number of hydrogen-bond donors (Lipinski definition) is 1. The fourth-order valence-corrected chi connectivity index (χ4v) is 1.77. The summed E-state index contributed by atoms with van der Waals surface area (Å²) in [5.74, 6) is -3.07. The van der Waals surface area contributed by atoms with Crippen molar-refractivity contribution in [1.82, 2.24) is 0 Å². The second-order valence-electron chi connectivity index (χ2n) is 4.96. The zero-order valence-corrected chi connectivity index (χ0v) is 11.0. The van der Waals surface area contributed by atoms with E-state index in [1.807, 2.05) is 20.8 Å². The number of hydrogen-bond acceptors (Lipinski definition) is 2. The van der Waals surface area contributed by atoms with E-state index in [1.54, 1.807) is 7.11 Å². The highest BCUT2D eigenvalue weighted by atomic mass is 19.2. The third kappa shape index (κ3) is 3.91. The summed E-state index contributed by atoms with van der Waals surface area (Å²) in [5, 5.41) is 2.81. The van der Waals surface area contributed by atoms with Crippen LogP contribution in [0.4, 0.5) is 18.9 Å². The molecule has 0 spiro atoms. The molecular weight excluding hydrogens is 243 g/mol. The van der Waals surface area contributed by atoms with E-state index in [4.69, 9.17) is 4.74 Å². The van der Waals surface area contributed by atoms with Gasteiger partial charge in [0.1, 0.15) is 5.82 Å². The Morgan fingerprint density at radius 2 is 1.72 bits per heavy atom. The van der Waals surface area contributed by atoms with E-state index in [0.717, 1.165) is 6.07 Å². The van der Waals surface area contributed by atoms with Crippen molar-refractivity contribution in [3.63, 3.8) is 0 Å². The zero-order valence-electron chi connectivity index (χ0n) is 11.0. The predicted octanol–water partition coefficient (Wildman–Crippen LogP) is 3.72. The third-order valence-electron chi connectivity index (χ3n) is 2.76. The van der Waals surface area contributed by atoms with Gasteiger partial charge in [0.2, 0.25) is 0 Å². The predicted molar refractivity (Wildman–Crippen MR) is 65.1 cm³/mol. The van der Waals surface area contributed by atoms with E-state index >= 15 is 0 Å². The lowest BCUT2D eigenvalue weighted by atomic mass is 9.99. The Morgan fingerprint density at radius 3 is 2.28 bits per heavy atom. The summed E-state index contributed by atoms with van der Waals surface area (Å²) in [6.07, 6.45) is 0.599. The van der Waals surface area contributed by atoms with E-state index < -0.39 is 17.5 Å². The lowest BCUT2D eigenvalue weighted by Crippen LogP contribution is -2.31. The maximum atomic E-state index is 13.4. The highest BCUT2D eigenvalue weighted by Crippen LogP contribution is 2.22. The maximum absolute atomic E-state index is 13.4. The highest BCUT2D eigenvalue weighted by Gasteiger charge is 2.21. The summed E-state index contributed by atoms with van der Waals surface area (Å²) in [5.41, 5.74) is -0.421. The van der Waals surface area contributed by atoms with Crippen molar-refractivity contribution in [3.05, 3.63) is 29.6 Å². The van der Waals surface area contributed by atoms with Crippen molar-refractivity contribution in [2.75, 3.05) is 12.4 Å². The van der Waals surface area contributed by atoms with Gasteiger partial charge in [-0.2, -0.15) is 0 Å². The first-order valence-corrected chi connectivity index (χ1v) is 5.71. The standard InChI is InChI=1S/C13H18F3NO/c1-8(7-13(2,3)18-4)17-12-6-10(15)9(14)5-11(12)16/h5-6,8,17H,7H2,1-4H3. The molecule has 1 unspecified atom stereocenters. The first-order chi connectivity index (χ1) is 8.25. The molecular formula is C13H18F3NO. The molecule has 1 atom stereocenters. The minimum absolute atomic E-state index is 0.0479. The summed E-state index contributed by atoms with van der Waals surface area (Å²) >= 11 is 0. The van der Waals surface area contributed by atoms with Crippen molar-refractivity contribution in [2.45, 2.75) is 38.8 Å². The van der Waals surface area contributed by atoms with Crippen LogP contribution in [0.5, 0.6) is 0 Å². The van der Waals surface area contributed by atoms with Crippen LogP contribution in [-0.4, -0.2) is 18.8 Å². The van der Waals surface area contributed by atoms with Crippen LogP contribution in [0.1, 0.15) is 27.2 Å². The molecule has 18 heavy (non-hydrogen) atoms. The molecule has 1 aromatic carbocycles. The van der Waals surface area contributed by atoms with Gasteiger partial charge in [-0.3, -0.25) is 0 Å². The van der Waals surface area contributed by atoms with Crippen molar-refractivity contribution in [3.8, 4) is 0 Å². The number of ether oxygens (including phenoxy) is 1. The van der Waals surface area contributed by atoms with Crippen molar-refractivity contribution in [1.29, 1.82) is 0 Å². The van der Waals surface area contributed by atoms with Gasteiger partial charge >= 0.3 is 0 Å². The van der Waals surface area contributed by atoms with Gasteiger partial charge in [-0.05, 0) is 27.2 Å². The molecule has 0 radical (unpaired) electrons. The van der Waals surface area contributed by atoms with E-state index in [2.05, 4.69) is 5.32 Å². The van der Waals surface area contributed by atoms with Gasteiger partial charge in [0.25, 0.3) is 0 Å².